The van der Waals surface area contributed by atoms with Gasteiger partial charge in [0.1, 0.15) is 0 Å². The van der Waals surface area contributed by atoms with Crippen molar-refractivity contribution in [1.82, 2.24) is 0 Å². The topological polar surface area (TPSA) is 9.72 Å². The number of anilines is 9. The summed E-state index contributed by atoms with van der Waals surface area (Å²) in [7, 11) is 0. The second-order valence-corrected chi connectivity index (χ2v) is 32.7. The molecule has 3 heterocycles. The van der Waals surface area contributed by atoms with Gasteiger partial charge in [-0.3, -0.25) is 0 Å². The Balaban J connectivity index is 1.19. The molecule has 0 atom stereocenters. The summed E-state index contributed by atoms with van der Waals surface area (Å²) in [5.74, 6) is 0. The Morgan fingerprint density at radius 3 is 1.45 bits per heavy atom. The number of hydrogen-bond acceptors (Lipinski definition) is 4. The molecule has 1 aromatic heterocycles. The van der Waals surface area contributed by atoms with E-state index in [1.54, 1.807) is 0 Å². The molecule has 84 heavy (non-hydrogen) atoms. The van der Waals surface area contributed by atoms with Gasteiger partial charge in [0.05, 0.1) is 11.4 Å². The van der Waals surface area contributed by atoms with Crippen molar-refractivity contribution in [1.29, 1.82) is 0 Å². The Hall–Kier alpha value is -6.82. The number of hydrogen-bond donors (Lipinski definition) is 0. The molecule has 5 heteroatoms. The summed E-state index contributed by atoms with van der Waals surface area (Å²) < 4.78 is 2.72. The summed E-state index contributed by atoms with van der Waals surface area (Å²) >= 11 is 2.00. The largest absolute Gasteiger partial charge is 0.311 e. The highest BCUT2D eigenvalue weighted by Gasteiger charge is 2.47. The van der Waals surface area contributed by atoms with Crippen molar-refractivity contribution in [2.45, 2.75) is 189 Å². The minimum absolute atomic E-state index is 0.0183. The van der Waals surface area contributed by atoms with Gasteiger partial charge in [0.2, 0.25) is 0 Å². The van der Waals surface area contributed by atoms with Crippen molar-refractivity contribution in [2.24, 2.45) is 0 Å². The molecule has 3 nitrogen and oxygen atoms in total. The van der Waals surface area contributed by atoms with Gasteiger partial charge >= 0.3 is 0 Å². The molecule has 8 aromatic carbocycles. The van der Waals surface area contributed by atoms with Gasteiger partial charge in [0.25, 0.3) is 6.71 Å². The lowest BCUT2D eigenvalue weighted by Gasteiger charge is -2.45. The molecule has 0 saturated heterocycles. The average Bonchev–Trinajstić information content (AvgIpc) is 1.73. The molecule has 0 amide bonds. The molecule has 0 bridgehead atoms. The van der Waals surface area contributed by atoms with Crippen molar-refractivity contribution in [3.05, 3.63) is 202 Å². The lowest BCUT2D eigenvalue weighted by molar-refractivity contribution is 0.332. The van der Waals surface area contributed by atoms with E-state index in [2.05, 4.69) is 311 Å². The molecule has 2 aliphatic heterocycles. The van der Waals surface area contributed by atoms with Crippen LogP contribution >= 0.6 is 11.3 Å². The fourth-order valence-electron chi connectivity index (χ4n) is 13.7. The fraction of sp³-hybridized carbons (Fsp3) is 0.367. The molecule has 12 rings (SSSR count). The molecular formula is C79H90BN3S. The zero-order valence-corrected chi connectivity index (χ0v) is 55.1. The number of rotatable bonds is 6. The lowest BCUT2D eigenvalue weighted by Crippen LogP contribution is -2.60. The zero-order chi connectivity index (χ0) is 60.2. The highest BCUT2D eigenvalue weighted by Crippen LogP contribution is 2.54. The highest BCUT2D eigenvalue weighted by atomic mass is 32.1. The smallest absolute Gasteiger partial charge is 0.264 e. The number of thiophene rings is 1. The van der Waals surface area contributed by atoms with Crippen LogP contribution in [-0.4, -0.2) is 6.71 Å². The Kier molecular flexibility index (Phi) is 13.5. The van der Waals surface area contributed by atoms with Gasteiger partial charge in [-0.15, -0.1) is 11.3 Å². The molecule has 9 aromatic rings. The van der Waals surface area contributed by atoms with Gasteiger partial charge < -0.3 is 14.7 Å². The van der Waals surface area contributed by atoms with Crippen molar-refractivity contribution in [3.63, 3.8) is 0 Å². The normalized spacial score (nSPS) is 15.6. The Bertz CT molecular complexity index is 3980. The van der Waals surface area contributed by atoms with Crippen LogP contribution in [0.4, 0.5) is 51.2 Å². The van der Waals surface area contributed by atoms with Crippen LogP contribution in [0.5, 0.6) is 0 Å². The van der Waals surface area contributed by atoms with Gasteiger partial charge in [-0.05, 0) is 204 Å². The third-order valence-corrected chi connectivity index (χ3v) is 20.4. The highest BCUT2D eigenvalue weighted by molar-refractivity contribution is 7.33. The predicted molar refractivity (Wildman–Crippen MR) is 369 cm³/mol. The van der Waals surface area contributed by atoms with Crippen molar-refractivity contribution in [3.8, 4) is 11.1 Å². The minimum Gasteiger partial charge on any atom is -0.311 e. The van der Waals surface area contributed by atoms with Crippen LogP contribution in [0.25, 0.3) is 21.2 Å². The third-order valence-electron chi connectivity index (χ3n) is 19.2. The lowest BCUT2D eigenvalue weighted by atomic mass is 9.36. The standard InChI is InChI=1S/C79H90BN3S/c1-49-43-67-70-68(44-49)83(65-39-29-54(76(11,12)13)45-60(65)50-21-23-51(24-22-50)73(2,3)4)66-48-59(81(56-31-25-52(26-32-56)74(5,6)7)57-33-27-53(28-34-57)75(8,9)10)36-38-64(66)80(70)72-71(61-46-55(77(14,15)16)30-40-69(61)84-72)82(67)58-35-37-62-63(47-58)79(19,20)42-41-78(62,17)18/h21-40,43-48H,41-42H2,1-20H3. The maximum atomic E-state index is 2.71. The van der Waals surface area contributed by atoms with E-state index in [0.717, 1.165) is 23.5 Å². The van der Waals surface area contributed by atoms with Crippen molar-refractivity contribution in [2.75, 3.05) is 14.7 Å². The van der Waals surface area contributed by atoms with Crippen LogP contribution in [0, 0.1) is 6.92 Å². The first-order chi connectivity index (χ1) is 39.2. The molecule has 0 fully saturated rings. The van der Waals surface area contributed by atoms with Gasteiger partial charge in [-0.2, -0.15) is 0 Å². The second-order valence-electron chi connectivity index (χ2n) is 31.6. The van der Waals surface area contributed by atoms with Gasteiger partial charge in [0.15, 0.2) is 0 Å². The number of fused-ring (bicyclic) bond motifs is 7. The van der Waals surface area contributed by atoms with E-state index in [1.165, 1.54) is 122 Å². The number of nitrogens with zero attached hydrogens (tertiary/aromatic N) is 3. The van der Waals surface area contributed by atoms with E-state index < -0.39 is 0 Å². The second kappa shape index (κ2) is 19.6. The van der Waals surface area contributed by atoms with Crippen LogP contribution in [0.15, 0.2) is 158 Å². The zero-order valence-electron chi connectivity index (χ0n) is 54.3. The summed E-state index contributed by atoms with van der Waals surface area (Å²) in [5, 5.41) is 1.33. The summed E-state index contributed by atoms with van der Waals surface area (Å²) in [6, 6.07) is 62.8. The first-order valence-electron chi connectivity index (χ1n) is 31.1. The van der Waals surface area contributed by atoms with Crippen LogP contribution < -0.4 is 30.4 Å². The molecule has 0 saturated carbocycles. The van der Waals surface area contributed by atoms with E-state index in [0.29, 0.717) is 0 Å². The Morgan fingerprint density at radius 2 is 0.905 bits per heavy atom. The SMILES string of the molecule is Cc1cc2c3c(c1)N(c1ccc4c(c1)C(C)(C)CCC4(C)C)c1c(sc4ccc(C(C)(C)C)cc14)B3c1ccc(N(c3ccc(C(C)(C)C)cc3)c3ccc(C(C)(C)C)cc3)cc1N2c1ccc(C(C)(C)C)cc1-c1ccc(C(C)(C)C)cc1. The number of benzene rings is 8. The van der Waals surface area contributed by atoms with E-state index in [9.17, 15) is 0 Å². The molecule has 0 unspecified atom stereocenters. The first kappa shape index (κ1) is 57.6. The maximum absolute atomic E-state index is 2.71. The van der Waals surface area contributed by atoms with Gasteiger partial charge in [-0.1, -0.05) is 204 Å². The maximum Gasteiger partial charge on any atom is 0.264 e. The van der Waals surface area contributed by atoms with Crippen LogP contribution in [0.2, 0.25) is 0 Å². The molecule has 0 spiro atoms. The Labute approximate surface area is 509 Å². The summed E-state index contributed by atoms with van der Waals surface area (Å²) in [6.07, 6.45) is 2.34. The molecule has 0 radical (unpaired) electrons. The van der Waals surface area contributed by atoms with Crippen molar-refractivity contribution >= 4 is 95.0 Å². The minimum atomic E-state index is -0.0750. The predicted octanol–water partition coefficient (Wildman–Crippen LogP) is 21.3. The fourth-order valence-corrected chi connectivity index (χ4v) is 15.0. The molecule has 1 aliphatic carbocycles. The summed E-state index contributed by atoms with van der Waals surface area (Å²) in [5.41, 5.74) is 26.8. The van der Waals surface area contributed by atoms with E-state index in [4.69, 9.17) is 0 Å². The van der Waals surface area contributed by atoms with Crippen LogP contribution in [-0.2, 0) is 37.9 Å². The van der Waals surface area contributed by atoms with E-state index in [1.807, 2.05) is 11.3 Å². The third kappa shape index (κ3) is 9.92. The first-order valence-corrected chi connectivity index (χ1v) is 31.9. The molecule has 3 aliphatic rings. The monoisotopic (exact) mass is 1120 g/mol. The van der Waals surface area contributed by atoms with Gasteiger partial charge in [0, 0.05) is 60.2 Å². The average molecular weight is 1120 g/mol. The quantitative estimate of drug-likeness (QED) is 0.154. The molecule has 430 valence electrons. The van der Waals surface area contributed by atoms with Crippen LogP contribution in [0.1, 0.15) is 189 Å². The van der Waals surface area contributed by atoms with Crippen molar-refractivity contribution < 1.29 is 0 Å². The number of aryl methyl sites for hydroxylation is 1. The van der Waals surface area contributed by atoms with E-state index >= 15 is 0 Å². The Morgan fingerprint density at radius 1 is 0.429 bits per heavy atom. The molecule has 0 N–H and O–H groups in total. The van der Waals surface area contributed by atoms with E-state index in [-0.39, 0.29) is 44.6 Å². The molecular weight excluding hydrogens is 1030 g/mol. The summed E-state index contributed by atoms with van der Waals surface area (Å²) in [4.78, 5) is 7.87. The summed E-state index contributed by atoms with van der Waals surface area (Å²) in [6.45, 7) is 47.0. The van der Waals surface area contributed by atoms with Gasteiger partial charge in [-0.25, -0.2) is 0 Å². The van der Waals surface area contributed by atoms with Crippen LogP contribution in [0.3, 0.4) is 0 Å².